The van der Waals surface area contributed by atoms with E-state index in [1.54, 1.807) is 6.07 Å². The van der Waals surface area contributed by atoms with E-state index >= 15 is 0 Å². The van der Waals surface area contributed by atoms with E-state index in [1.165, 1.54) is 19.9 Å². The van der Waals surface area contributed by atoms with Gasteiger partial charge in [-0.15, -0.1) is 0 Å². The lowest BCUT2D eigenvalue weighted by atomic mass is 10.0. The van der Waals surface area contributed by atoms with Crippen LogP contribution in [0.25, 0.3) is 0 Å². The van der Waals surface area contributed by atoms with Gasteiger partial charge in [0.2, 0.25) is 11.8 Å². The van der Waals surface area contributed by atoms with E-state index < -0.39 is 11.8 Å². The lowest BCUT2D eigenvalue weighted by Gasteiger charge is -2.21. The number of phenolic OH excluding ortho intramolecular Hbond substituents is 1. The number of nitrogens with one attached hydrogen (secondary N) is 2. The van der Waals surface area contributed by atoms with Crippen molar-refractivity contribution in [3.05, 3.63) is 28.8 Å². The van der Waals surface area contributed by atoms with Crippen LogP contribution < -0.4 is 10.6 Å². The van der Waals surface area contributed by atoms with Gasteiger partial charge in [0.15, 0.2) is 0 Å². The Kier molecular flexibility index (Phi) is 5.68. The number of hydrogen-bond acceptors (Lipinski definition) is 7. The van der Waals surface area contributed by atoms with Gasteiger partial charge in [0.05, 0.1) is 0 Å². The van der Waals surface area contributed by atoms with Crippen LogP contribution in [0.2, 0.25) is 0 Å². The molecule has 1 aromatic rings. The third-order valence-corrected chi connectivity index (χ3v) is 3.01. The highest BCUT2D eigenvalue weighted by atomic mass is 16.5. The van der Waals surface area contributed by atoms with Crippen molar-refractivity contribution in [2.45, 2.75) is 52.1 Å². The van der Waals surface area contributed by atoms with E-state index in [0.717, 1.165) is 11.1 Å². The number of aromatic hydroxyl groups is 1. The molecule has 1 aromatic carbocycles. The maximum absolute atomic E-state index is 9.98. The van der Waals surface area contributed by atoms with Crippen LogP contribution in [0, 0.1) is 0 Å². The Labute approximate surface area is 123 Å². The van der Waals surface area contributed by atoms with Crippen LogP contribution in [-0.4, -0.2) is 37.4 Å². The third kappa shape index (κ3) is 6.38. The molecule has 0 atom stereocenters. The van der Waals surface area contributed by atoms with Gasteiger partial charge in [0.25, 0.3) is 0 Å². The molecule has 0 aliphatic carbocycles. The average Bonchev–Trinajstić information content (AvgIpc) is 2.33. The molecule has 0 saturated heterocycles. The Bertz CT molecular complexity index is 477. The number of hydrogen-bond donors (Lipinski definition) is 7. The molecule has 0 saturated carbocycles. The van der Waals surface area contributed by atoms with Gasteiger partial charge in [-0.2, -0.15) is 0 Å². The number of aryl methyl sites for hydroxylation is 1. The zero-order valence-corrected chi connectivity index (χ0v) is 12.5. The normalized spacial score (nSPS) is 12.7. The highest BCUT2D eigenvalue weighted by Gasteiger charge is 2.17. The van der Waals surface area contributed by atoms with Gasteiger partial charge in [-0.3, -0.25) is 10.6 Å². The van der Waals surface area contributed by atoms with Gasteiger partial charge in [-0.25, -0.2) is 0 Å². The fraction of sp³-hybridized carbons (Fsp3) is 0.571. The van der Waals surface area contributed by atoms with Crippen LogP contribution in [0.4, 0.5) is 0 Å². The first kappa shape index (κ1) is 17.8. The van der Waals surface area contributed by atoms with Gasteiger partial charge >= 0.3 is 0 Å². The summed E-state index contributed by atoms with van der Waals surface area (Å²) in [5.74, 6) is -4.01. The maximum atomic E-state index is 9.98. The summed E-state index contributed by atoms with van der Waals surface area (Å²) in [4.78, 5) is 0. The summed E-state index contributed by atoms with van der Waals surface area (Å²) < 4.78 is 0. The summed E-state index contributed by atoms with van der Waals surface area (Å²) in [6.45, 7) is 4.61. The van der Waals surface area contributed by atoms with Gasteiger partial charge in [0, 0.05) is 32.5 Å². The van der Waals surface area contributed by atoms with Crippen LogP contribution >= 0.6 is 0 Å². The maximum Gasteiger partial charge on any atom is 0.219 e. The van der Waals surface area contributed by atoms with Crippen molar-refractivity contribution in [1.29, 1.82) is 0 Å². The first-order valence-corrected chi connectivity index (χ1v) is 6.75. The minimum atomic E-state index is -2.02. The fourth-order valence-electron chi connectivity index (χ4n) is 1.89. The van der Waals surface area contributed by atoms with E-state index in [2.05, 4.69) is 10.6 Å². The second-order valence-corrected chi connectivity index (χ2v) is 5.35. The molecule has 0 bridgehead atoms. The molecule has 7 N–H and O–H groups in total. The molecule has 120 valence electrons. The quantitative estimate of drug-likeness (QED) is 0.337. The highest BCUT2D eigenvalue weighted by Crippen LogP contribution is 2.24. The Morgan fingerprint density at radius 1 is 0.857 bits per heavy atom. The van der Waals surface area contributed by atoms with E-state index in [1.807, 2.05) is 6.92 Å². The molecule has 0 fully saturated rings. The summed E-state index contributed by atoms with van der Waals surface area (Å²) >= 11 is 0. The van der Waals surface area contributed by atoms with Crippen LogP contribution in [0.1, 0.15) is 37.5 Å². The fourth-order valence-corrected chi connectivity index (χ4v) is 1.89. The Hall–Kier alpha value is -1.22. The third-order valence-electron chi connectivity index (χ3n) is 3.01. The summed E-state index contributed by atoms with van der Waals surface area (Å²) in [6, 6.07) is 3.28. The van der Waals surface area contributed by atoms with Crippen molar-refractivity contribution in [2.75, 3.05) is 0 Å². The number of aliphatic hydroxyl groups is 4. The van der Waals surface area contributed by atoms with E-state index in [0.29, 0.717) is 12.0 Å². The molecule has 21 heavy (non-hydrogen) atoms. The molecule has 0 unspecified atom stereocenters. The van der Waals surface area contributed by atoms with Crippen LogP contribution in [0.3, 0.4) is 0 Å². The van der Waals surface area contributed by atoms with Crippen molar-refractivity contribution < 1.29 is 25.5 Å². The lowest BCUT2D eigenvalue weighted by molar-refractivity contribution is -0.171. The predicted octanol–water partition coefficient (Wildman–Crippen LogP) is -0.550. The molecule has 7 nitrogen and oxygen atoms in total. The summed E-state index contributed by atoms with van der Waals surface area (Å²) in [7, 11) is 0. The summed E-state index contributed by atoms with van der Waals surface area (Å²) in [6.07, 6.45) is 0.688. The molecule has 0 heterocycles. The van der Waals surface area contributed by atoms with E-state index in [9.17, 15) is 25.5 Å². The first-order chi connectivity index (χ1) is 9.52. The minimum Gasteiger partial charge on any atom is -0.508 e. The van der Waals surface area contributed by atoms with E-state index in [4.69, 9.17) is 0 Å². The molecular formula is C14H24N2O5. The number of benzene rings is 1. The van der Waals surface area contributed by atoms with Crippen molar-refractivity contribution >= 4 is 0 Å². The standard InChI is InChI=1S/C14H24N2O5/c1-4-9-5-11(8-16-14(3,20)21)12(17)6-10(9)7-15-13(2,18)19/h5-6,15-21H,4,7-8H2,1-3H3. The SMILES string of the molecule is CCc1cc(CNC(C)(O)O)c(O)cc1CNC(C)(O)O. The Morgan fingerprint density at radius 2 is 1.33 bits per heavy atom. The molecular weight excluding hydrogens is 276 g/mol. The molecule has 0 spiro atoms. The molecule has 1 rings (SSSR count). The van der Waals surface area contributed by atoms with Gasteiger partial charge < -0.3 is 25.5 Å². The summed E-state index contributed by atoms with van der Waals surface area (Å²) in [5, 5.41) is 51.9. The molecule has 0 aliphatic heterocycles. The Balaban J connectivity index is 2.91. The van der Waals surface area contributed by atoms with E-state index in [-0.39, 0.29) is 18.8 Å². The van der Waals surface area contributed by atoms with Gasteiger partial charge in [-0.1, -0.05) is 13.0 Å². The monoisotopic (exact) mass is 300 g/mol. The lowest BCUT2D eigenvalue weighted by Crippen LogP contribution is -2.41. The number of rotatable bonds is 7. The highest BCUT2D eigenvalue weighted by molar-refractivity contribution is 5.42. The smallest absolute Gasteiger partial charge is 0.219 e. The topological polar surface area (TPSA) is 125 Å². The molecule has 0 aliphatic rings. The van der Waals surface area contributed by atoms with Gasteiger partial charge in [0.1, 0.15) is 5.75 Å². The average molecular weight is 300 g/mol. The molecule has 7 heteroatoms. The largest absolute Gasteiger partial charge is 0.508 e. The van der Waals surface area contributed by atoms with Gasteiger partial charge in [-0.05, 0) is 23.6 Å². The van der Waals surface area contributed by atoms with Crippen molar-refractivity contribution in [2.24, 2.45) is 0 Å². The minimum absolute atomic E-state index is 0.00154. The first-order valence-electron chi connectivity index (χ1n) is 6.75. The number of phenols is 1. The van der Waals surface area contributed by atoms with Crippen LogP contribution in [-0.2, 0) is 19.5 Å². The molecule has 0 aromatic heterocycles. The Morgan fingerprint density at radius 3 is 1.76 bits per heavy atom. The molecule has 0 amide bonds. The van der Waals surface area contributed by atoms with Crippen molar-refractivity contribution in [1.82, 2.24) is 10.6 Å². The predicted molar refractivity (Wildman–Crippen MR) is 76.8 cm³/mol. The summed E-state index contributed by atoms with van der Waals surface area (Å²) in [5.41, 5.74) is 2.18. The second kappa shape index (κ2) is 6.69. The van der Waals surface area contributed by atoms with Crippen LogP contribution in [0.5, 0.6) is 5.75 Å². The van der Waals surface area contributed by atoms with Crippen LogP contribution in [0.15, 0.2) is 12.1 Å². The van der Waals surface area contributed by atoms with Crippen molar-refractivity contribution in [3.8, 4) is 5.75 Å². The second-order valence-electron chi connectivity index (χ2n) is 5.35. The zero-order valence-electron chi connectivity index (χ0n) is 12.5. The zero-order chi connectivity index (χ0) is 16.3. The molecule has 0 radical (unpaired) electrons. The van der Waals surface area contributed by atoms with Crippen molar-refractivity contribution in [3.63, 3.8) is 0 Å².